The lowest BCUT2D eigenvalue weighted by Gasteiger charge is -2.27. The minimum Gasteiger partial charge on any atom is -0.300 e. The zero-order valence-electron chi connectivity index (χ0n) is 16.9. The lowest BCUT2D eigenvalue weighted by Crippen LogP contribution is -2.32. The molecule has 1 fully saturated rings. The maximum Gasteiger partial charge on any atom is 0.133 e. The summed E-state index contributed by atoms with van der Waals surface area (Å²) in [5, 5.41) is 0. The average molecular weight is 375 g/mol. The van der Waals surface area contributed by atoms with Gasteiger partial charge in [0, 0.05) is 11.8 Å². The highest BCUT2D eigenvalue weighted by Gasteiger charge is 2.36. The van der Waals surface area contributed by atoms with Gasteiger partial charge in [-0.05, 0) is 55.7 Å². The summed E-state index contributed by atoms with van der Waals surface area (Å²) in [6, 6.07) is 18.7. The fourth-order valence-corrected chi connectivity index (χ4v) is 4.59. The second kappa shape index (κ2) is 9.64. The molecule has 0 heterocycles. The molecule has 2 aromatic carbocycles. The van der Waals surface area contributed by atoms with Crippen LogP contribution in [0.25, 0.3) is 17.2 Å². The molecule has 28 heavy (non-hydrogen) atoms. The largest absolute Gasteiger partial charge is 0.300 e. The normalized spacial score (nSPS) is 16.9. The molecule has 2 nitrogen and oxygen atoms in total. The fourth-order valence-electron chi connectivity index (χ4n) is 4.59. The number of Topliss-reactive ketones (excluding diaryl/α,β-unsaturated/α-hetero) is 2. The van der Waals surface area contributed by atoms with Gasteiger partial charge in [0.1, 0.15) is 11.6 Å². The van der Waals surface area contributed by atoms with Crippen LogP contribution in [0.5, 0.6) is 0 Å². The molecule has 146 valence electrons. The molecule has 2 atom stereocenters. The Labute approximate surface area is 168 Å². The molecule has 1 saturated carbocycles. The van der Waals surface area contributed by atoms with Crippen molar-refractivity contribution in [2.24, 2.45) is 17.8 Å². The highest BCUT2D eigenvalue weighted by molar-refractivity contribution is 5.88. The second-order valence-corrected chi connectivity index (χ2v) is 8.02. The molecule has 0 unspecified atom stereocenters. The third kappa shape index (κ3) is 5.07. The van der Waals surface area contributed by atoms with E-state index >= 15 is 0 Å². The Morgan fingerprint density at radius 1 is 0.893 bits per heavy atom. The maximum atomic E-state index is 12.3. The molecule has 2 aromatic rings. The number of hydrogen-bond donors (Lipinski definition) is 0. The summed E-state index contributed by atoms with van der Waals surface area (Å²) in [6.07, 6.45) is 9.30. The first-order chi connectivity index (χ1) is 13.6. The predicted octanol–water partition coefficient (Wildman–Crippen LogP) is 6.36. The van der Waals surface area contributed by atoms with Gasteiger partial charge in [0.2, 0.25) is 0 Å². The number of carbonyl (C=O) groups is 2. The first-order valence-corrected chi connectivity index (χ1v) is 10.4. The number of carbonyl (C=O) groups excluding carboxylic acids is 2. The second-order valence-electron chi connectivity index (χ2n) is 8.02. The van der Waals surface area contributed by atoms with Crippen LogP contribution in [0.3, 0.4) is 0 Å². The lowest BCUT2D eigenvalue weighted by molar-refractivity contribution is -0.132. The van der Waals surface area contributed by atoms with Crippen molar-refractivity contribution in [3.8, 4) is 11.1 Å². The average Bonchev–Trinajstić information content (AvgIpc) is 3.22. The number of ketones is 2. The Bertz CT molecular complexity index is 811. The van der Waals surface area contributed by atoms with E-state index in [1.54, 1.807) is 13.8 Å². The van der Waals surface area contributed by atoms with Crippen LogP contribution < -0.4 is 0 Å². The maximum absolute atomic E-state index is 12.3. The van der Waals surface area contributed by atoms with E-state index in [0.717, 1.165) is 18.4 Å². The molecule has 0 aliphatic heterocycles. The van der Waals surface area contributed by atoms with E-state index in [2.05, 4.69) is 48.6 Å². The Morgan fingerprint density at radius 2 is 1.50 bits per heavy atom. The SMILES string of the molecule is CC(=O)[C@H](C/C=C/c1ccc(-c2ccccc2)cc1)[C@@H](C(C)=O)C1CCCC1. The van der Waals surface area contributed by atoms with Crippen molar-refractivity contribution in [1.29, 1.82) is 0 Å². The van der Waals surface area contributed by atoms with Crippen LogP contribution >= 0.6 is 0 Å². The summed E-state index contributed by atoms with van der Waals surface area (Å²) >= 11 is 0. The molecule has 3 rings (SSSR count). The smallest absolute Gasteiger partial charge is 0.133 e. The van der Waals surface area contributed by atoms with Crippen molar-refractivity contribution in [3.05, 3.63) is 66.2 Å². The highest BCUT2D eigenvalue weighted by Crippen LogP contribution is 2.37. The molecular formula is C26H30O2. The summed E-state index contributed by atoms with van der Waals surface area (Å²) in [6.45, 7) is 3.29. The van der Waals surface area contributed by atoms with E-state index in [1.165, 1.54) is 24.0 Å². The minimum absolute atomic E-state index is 0.120. The molecule has 0 N–H and O–H groups in total. The topological polar surface area (TPSA) is 34.1 Å². The molecule has 0 saturated heterocycles. The van der Waals surface area contributed by atoms with Crippen molar-refractivity contribution in [3.63, 3.8) is 0 Å². The van der Waals surface area contributed by atoms with E-state index < -0.39 is 0 Å². The number of benzene rings is 2. The van der Waals surface area contributed by atoms with Crippen LogP contribution in [0.15, 0.2) is 60.7 Å². The van der Waals surface area contributed by atoms with E-state index in [-0.39, 0.29) is 23.4 Å². The molecular weight excluding hydrogens is 344 g/mol. The Hall–Kier alpha value is -2.48. The quantitative estimate of drug-likeness (QED) is 0.539. The summed E-state index contributed by atoms with van der Waals surface area (Å²) in [5.41, 5.74) is 3.51. The first kappa shape index (κ1) is 20.3. The number of hydrogen-bond acceptors (Lipinski definition) is 2. The monoisotopic (exact) mass is 374 g/mol. The third-order valence-electron chi connectivity index (χ3n) is 6.05. The molecule has 0 bridgehead atoms. The third-order valence-corrected chi connectivity index (χ3v) is 6.05. The van der Waals surface area contributed by atoms with Gasteiger partial charge < -0.3 is 0 Å². The van der Waals surface area contributed by atoms with Gasteiger partial charge >= 0.3 is 0 Å². The van der Waals surface area contributed by atoms with Crippen molar-refractivity contribution >= 4 is 17.6 Å². The molecule has 0 radical (unpaired) electrons. The molecule has 2 heteroatoms. The first-order valence-electron chi connectivity index (χ1n) is 10.4. The van der Waals surface area contributed by atoms with Crippen LogP contribution in [0.2, 0.25) is 0 Å². The van der Waals surface area contributed by atoms with Gasteiger partial charge in [0.05, 0.1) is 0 Å². The van der Waals surface area contributed by atoms with Gasteiger partial charge in [-0.15, -0.1) is 0 Å². The molecule has 0 spiro atoms. The lowest BCUT2D eigenvalue weighted by atomic mass is 9.75. The van der Waals surface area contributed by atoms with Gasteiger partial charge in [-0.25, -0.2) is 0 Å². The van der Waals surface area contributed by atoms with Gasteiger partial charge in [0.25, 0.3) is 0 Å². The van der Waals surface area contributed by atoms with Crippen LogP contribution in [0.4, 0.5) is 0 Å². The van der Waals surface area contributed by atoms with Gasteiger partial charge in [0.15, 0.2) is 0 Å². The Morgan fingerprint density at radius 3 is 2.07 bits per heavy atom. The molecule has 1 aliphatic carbocycles. The zero-order valence-corrected chi connectivity index (χ0v) is 16.9. The van der Waals surface area contributed by atoms with Crippen molar-refractivity contribution in [2.75, 3.05) is 0 Å². The van der Waals surface area contributed by atoms with E-state index in [1.807, 2.05) is 18.2 Å². The standard InChI is InChI=1S/C26H30O2/c1-19(27)25(26(20(2)28)24-12-6-7-13-24)14-8-9-21-15-17-23(18-16-21)22-10-4-3-5-11-22/h3-5,8-11,15-18,24-26H,6-7,12-14H2,1-2H3/b9-8+/t25-,26-/m0/s1. The van der Waals surface area contributed by atoms with E-state index in [4.69, 9.17) is 0 Å². The van der Waals surface area contributed by atoms with Gasteiger partial charge in [-0.1, -0.05) is 79.6 Å². The summed E-state index contributed by atoms with van der Waals surface area (Å²) in [7, 11) is 0. The summed E-state index contributed by atoms with van der Waals surface area (Å²) in [5.74, 6) is 0.374. The zero-order chi connectivity index (χ0) is 19.9. The number of rotatable bonds is 8. The van der Waals surface area contributed by atoms with E-state index in [9.17, 15) is 9.59 Å². The van der Waals surface area contributed by atoms with Gasteiger partial charge in [-0.2, -0.15) is 0 Å². The highest BCUT2D eigenvalue weighted by atomic mass is 16.1. The predicted molar refractivity (Wildman–Crippen MR) is 116 cm³/mol. The van der Waals surface area contributed by atoms with Crippen molar-refractivity contribution in [1.82, 2.24) is 0 Å². The molecule has 1 aliphatic rings. The van der Waals surface area contributed by atoms with E-state index in [0.29, 0.717) is 12.3 Å². The molecule has 0 amide bonds. The van der Waals surface area contributed by atoms with Crippen molar-refractivity contribution < 1.29 is 9.59 Å². The van der Waals surface area contributed by atoms with Crippen LogP contribution in [-0.2, 0) is 9.59 Å². The van der Waals surface area contributed by atoms with Crippen LogP contribution in [0, 0.1) is 17.8 Å². The van der Waals surface area contributed by atoms with Crippen LogP contribution in [0.1, 0.15) is 51.5 Å². The summed E-state index contributed by atoms with van der Waals surface area (Å²) in [4.78, 5) is 24.6. The number of allylic oxidation sites excluding steroid dienone is 1. The van der Waals surface area contributed by atoms with Crippen LogP contribution in [-0.4, -0.2) is 11.6 Å². The van der Waals surface area contributed by atoms with Crippen molar-refractivity contribution in [2.45, 2.75) is 46.0 Å². The fraction of sp³-hybridized carbons (Fsp3) is 0.385. The molecule has 0 aromatic heterocycles. The summed E-state index contributed by atoms with van der Waals surface area (Å²) < 4.78 is 0. The Kier molecular flexibility index (Phi) is 6.97. The Balaban J connectivity index is 1.68. The van der Waals surface area contributed by atoms with Gasteiger partial charge in [-0.3, -0.25) is 9.59 Å². The minimum atomic E-state index is -0.194.